The quantitative estimate of drug-likeness (QED) is 0.0287. The third-order valence-corrected chi connectivity index (χ3v) is 65.2. The van der Waals surface area contributed by atoms with Crippen LogP contribution in [0.2, 0.25) is 59.3 Å². The van der Waals surface area contributed by atoms with Crippen molar-refractivity contribution in [3.63, 3.8) is 0 Å². The molecule has 0 amide bonds. The molecule has 2 unspecified atom stereocenters. The number of benzene rings is 1. The molecule has 4 heterocycles. The average molecular weight is 1970 g/mol. The first kappa shape index (κ1) is 99.3. The summed E-state index contributed by atoms with van der Waals surface area (Å²) in [5.74, 6) is 2.88. The van der Waals surface area contributed by atoms with Gasteiger partial charge in [-0.3, -0.25) is 0 Å². The summed E-state index contributed by atoms with van der Waals surface area (Å²) >= 11 is -1.40. The molecule has 0 spiro atoms. The van der Waals surface area contributed by atoms with Crippen molar-refractivity contribution in [2.24, 2.45) is 11.8 Å². The topological polar surface area (TPSA) is 44.2 Å². The van der Waals surface area contributed by atoms with Gasteiger partial charge in [0.15, 0.2) is 0 Å². The van der Waals surface area contributed by atoms with Gasteiger partial charge in [-0.05, 0) is 0 Å². The van der Waals surface area contributed by atoms with E-state index in [4.69, 9.17) is 18.2 Å². The summed E-state index contributed by atoms with van der Waals surface area (Å²) in [6.07, 6.45) is 71.1. The van der Waals surface area contributed by atoms with Gasteiger partial charge < -0.3 is 0 Å². The van der Waals surface area contributed by atoms with Crippen molar-refractivity contribution < 1.29 is 9.47 Å². The summed E-state index contributed by atoms with van der Waals surface area (Å²) in [6, 6.07) is 5.18. The van der Waals surface area contributed by atoms with Gasteiger partial charge in [0.05, 0.1) is 0 Å². The Kier molecular flexibility index (Phi) is 53.5. The van der Waals surface area contributed by atoms with Gasteiger partial charge in [-0.2, -0.15) is 0 Å². The zero-order valence-corrected chi connectivity index (χ0v) is 88.5. The molecule has 4 nitrogen and oxygen atoms in total. The van der Waals surface area contributed by atoms with Crippen LogP contribution in [0, 0.1) is 11.8 Å². The van der Waals surface area contributed by atoms with E-state index < -0.39 is 73.5 Å². The Labute approximate surface area is 692 Å². The predicted octanol–water partition coefficient (Wildman–Crippen LogP) is 32.1. The molecule has 0 fully saturated rings. The van der Waals surface area contributed by atoms with Gasteiger partial charge in [0.2, 0.25) is 0 Å². The van der Waals surface area contributed by atoms with Crippen LogP contribution in [0.5, 0.6) is 11.5 Å². The van der Waals surface area contributed by atoms with E-state index in [1.54, 1.807) is 16.9 Å². The Morgan fingerprint density at radius 2 is 0.538 bits per heavy atom. The number of unbranched alkanes of at least 4 members (excludes halogenated alkanes) is 38. The summed E-state index contributed by atoms with van der Waals surface area (Å²) in [7, 11) is 0. The number of aryl methyl sites for hydroxylation is 2. The molecule has 5 rings (SSSR count). The maximum absolute atomic E-state index is 7.46. The van der Waals surface area contributed by atoms with E-state index in [0.717, 1.165) is 46.5 Å². The van der Waals surface area contributed by atoms with Gasteiger partial charge in [-0.1, -0.05) is 53.4 Å². The second-order valence-electron chi connectivity index (χ2n) is 37.2. The first-order valence-corrected chi connectivity index (χ1v) is 89.1. The minimum atomic E-state index is -2.54. The number of ether oxygens (including phenoxy) is 2. The normalized spacial score (nSPS) is 13.0. The van der Waals surface area contributed by atoms with Gasteiger partial charge in [-0.15, -0.1) is 0 Å². The number of fused-ring (bicyclic) bond motifs is 1. The molecule has 4 aromatic heterocycles. The maximum atomic E-state index is 7.46. The van der Waals surface area contributed by atoms with Gasteiger partial charge in [0, 0.05) is 0 Å². The standard InChI is InChI=1S/C54H86N2O2S3.C28H50S.12CH3.4Sn/c1-7-13-17-19-21-23-25-27-29-31-35-45-37-47(59-41-45)49-51-52(56-61-55-51)50(48-38-46(42-60-48)36-32-30-28-26-24-22-20-18-14-8-2)54(58-40-44(12-6)34-16-10-4)53(49)57-39-43(11-5)33-15-9-3;1-3-5-7-9-11-13-15-17-19-21-23-27-25-29-26-28(27)24-22-20-18-16-14-12-10-8-6-4-2;;;;;;;;;;;;;;;;/h37-38,43-44H,7-36,39-40H2,1-6H3;3-24H2,1-2H3;12*1H3;;;;. The molecule has 5 aromatic rings. The minimum absolute atomic E-state index is 0.499. The van der Waals surface area contributed by atoms with Gasteiger partial charge in [0.25, 0.3) is 0 Å². The van der Waals surface area contributed by atoms with Crippen molar-refractivity contribution in [1.29, 1.82) is 0 Å². The fourth-order valence-electron chi connectivity index (χ4n) is 16.1. The molecular weight excluding hydrogens is 1790 g/mol. The van der Waals surface area contributed by atoms with Gasteiger partial charge in [0.1, 0.15) is 0 Å². The van der Waals surface area contributed by atoms with Crippen LogP contribution in [-0.2, 0) is 25.7 Å². The van der Waals surface area contributed by atoms with Crippen LogP contribution in [0.4, 0.5) is 0 Å². The summed E-state index contributed by atoms with van der Waals surface area (Å²) in [6.45, 7) is 20.0. The number of aromatic nitrogens is 2. The summed E-state index contributed by atoms with van der Waals surface area (Å²) in [4.78, 5) is 34.4. The molecule has 1 aromatic carbocycles. The van der Waals surface area contributed by atoms with Crippen molar-refractivity contribution >= 4 is 142 Å². The first-order chi connectivity index (χ1) is 50.9. The van der Waals surface area contributed by atoms with Crippen LogP contribution in [0.15, 0.2) is 12.1 Å². The van der Waals surface area contributed by atoms with Crippen molar-refractivity contribution in [2.45, 2.75) is 449 Å². The van der Waals surface area contributed by atoms with E-state index in [1.807, 2.05) is 16.9 Å². The summed E-state index contributed by atoms with van der Waals surface area (Å²) in [5.41, 5.74) is 11.4. The number of hydrogen-bond donors (Lipinski definition) is 0. The number of hydrogen-bond acceptors (Lipinski definition) is 8. The molecule has 106 heavy (non-hydrogen) atoms. The molecule has 0 aliphatic heterocycles. The fourth-order valence-corrected chi connectivity index (χ4v) is 50.7. The molecule has 0 saturated heterocycles. The zero-order valence-electron chi connectivity index (χ0n) is 73.8. The molecule has 0 radical (unpaired) electrons. The van der Waals surface area contributed by atoms with Crippen LogP contribution in [-0.4, -0.2) is 95.5 Å². The van der Waals surface area contributed by atoms with E-state index >= 15 is 0 Å². The fraction of sp³-hybridized carbons (Fsp3) is 0.809. The second-order valence-corrected chi connectivity index (χ2v) is 102. The van der Waals surface area contributed by atoms with Crippen molar-refractivity contribution in [2.75, 3.05) is 13.2 Å². The molecule has 12 heteroatoms. The Morgan fingerprint density at radius 3 is 0.783 bits per heavy atom. The Hall–Kier alpha value is 0.935. The second kappa shape index (κ2) is 57.1. The molecule has 0 aliphatic carbocycles. The Balaban J connectivity index is 0.000000541. The number of thiophene rings is 3. The van der Waals surface area contributed by atoms with Crippen LogP contribution in [0.25, 0.3) is 31.9 Å². The van der Waals surface area contributed by atoms with E-state index in [-0.39, 0.29) is 0 Å². The third-order valence-electron chi connectivity index (χ3n) is 22.7. The monoisotopic (exact) mass is 1970 g/mol. The van der Waals surface area contributed by atoms with E-state index in [2.05, 4.69) is 161 Å². The summed E-state index contributed by atoms with van der Waals surface area (Å²) in [5, 5.41) is 0. The summed E-state index contributed by atoms with van der Waals surface area (Å²) < 4.78 is 32.8. The Morgan fingerprint density at radius 1 is 0.292 bits per heavy atom. The van der Waals surface area contributed by atoms with E-state index in [9.17, 15) is 0 Å². The number of nitrogens with zero attached hydrogens (tertiary/aromatic N) is 2. The molecule has 2 atom stereocenters. The molecular formula is C94H172N2O2S4Sn4. The van der Waals surface area contributed by atoms with Crippen molar-refractivity contribution in [1.82, 2.24) is 8.75 Å². The number of rotatable bonds is 64. The molecule has 610 valence electrons. The van der Waals surface area contributed by atoms with Crippen LogP contribution in [0.3, 0.4) is 0 Å². The zero-order chi connectivity index (χ0) is 77.6. The third kappa shape index (κ3) is 37.9. The van der Waals surface area contributed by atoms with E-state index in [0.29, 0.717) is 25.0 Å². The SMILES string of the molecule is CCCCCCCCCCCCc1[c]([Sn]([CH3])([CH3])[CH3])s[c]([Sn]([CH3])([CH3])[CH3])c1CCCCCCCCCCCC.CCCCCCCCCCCCc1cc(-c2c(OCC(CC)CCCC)c(OCC(CC)CCCC)c(-c3cc(CCCCCCCCCCCC)[c]([Sn]([CH3])([CH3])[CH3])s3)c3nsnc23)s[c]1[Sn]([CH3])([CH3])[CH3]. The van der Waals surface area contributed by atoms with Crippen LogP contribution < -0.4 is 21.0 Å². The van der Waals surface area contributed by atoms with Crippen molar-refractivity contribution in [3.8, 4) is 32.4 Å². The van der Waals surface area contributed by atoms with Crippen LogP contribution in [0.1, 0.15) is 386 Å². The predicted molar refractivity (Wildman–Crippen MR) is 500 cm³/mol. The molecule has 0 saturated carbocycles. The first-order valence-electron chi connectivity index (χ1n) is 45.9. The van der Waals surface area contributed by atoms with E-state index in [1.165, 1.54) is 343 Å². The van der Waals surface area contributed by atoms with Crippen LogP contribution >= 0.6 is 45.7 Å². The Bertz CT molecular complexity index is 2820. The van der Waals surface area contributed by atoms with Gasteiger partial charge >= 0.3 is 647 Å². The molecule has 0 bridgehead atoms. The van der Waals surface area contributed by atoms with Crippen molar-refractivity contribution in [3.05, 3.63) is 34.4 Å². The molecule has 0 aliphatic rings. The van der Waals surface area contributed by atoms with Gasteiger partial charge in [-0.25, -0.2) is 0 Å². The average Bonchev–Trinajstić information content (AvgIpc) is 1.52. The molecule has 0 N–H and O–H groups in total.